The molecule has 1 amide bonds. The number of amides is 1. The zero-order chi connectivity index (χ0) is 13.4. The summed E-state index contributed by atoms with van der Waals surface area (Å²) in [5.74, 6) is 0.423. The smallest absolute Gasteiger partial charge is 0.236 e. The van der Waals surface area contributed by atoms with Crippen LogP contribution in [0.2, 0.25) is 0 Å². The van der Waals surface area contributed by atoms with E-state index in [4.69, 9.17) is 10.5 Å². The van der Waals surface area contributed by atoms with Crippen LogP contribution in [0.15, 0.2) is 0 Å². The van der Waals surface area contributed by atoms with E-state index < -0.39 is 0 Å². The molecule has 0 aromatic heterocycles. The molecule has 0 aliphatic carbocycles. The monoisotopic (exact) mass is 293 g/mol. The van der Waals surface area contributed by atoms with Gasteiger partial charge in [-0.05, 0) is 12.3 Å². The van der Waals surface area contributed by atoms with Crippen molar-refractivity contribution in [2.24, 2.45) is 11.7 Å². The Labute approximate surface area is 122 Å². The molecule has 2 unspecified atom stereocenters. The third-order valence-electron chi connectivity index (χ3n) is 3.23. The number of rotatable bonds is 7. The molecule has 1 saturated heterocycles. The Bertz CT molecular complexity index is 248. The van der Waals surface area contributed by atoms with Crippen molar-refractivity contribution >= 4 is 18.3 Å². The first-order valence-electron chi connectivity index (χ1n) is 6.96. The SMILES string of the molecule is CCCC(N)C(=O)NCC(C)CN1CCOCC1.Cl. The standard InChI is InChI=1S/C13H27N3O2.ClH/c1-3-4-12(14)13(17)15-9-11(2)10-16-5-7-18-8-6-16;/h11-12H,3-10,14H2,1-2H3,(H,15,17);1H. The summed E-state index contributed by atoms with van der Waals surface area (Å²) in [4.78, 5) is 14.0. The van der Waals surface area contributed by atoms with Gasteiger partial charge in [-0.3, -0.25) is 9.69 Å². The van der Waals surface area contributed by atoms with Gasteiger partial charge in [0.15, 0.2) is 0 Å². The largest absolute Gasteiger partial charge is 0.379 e. The van der Waals surface area contributed by atoms with Crippen LogP contribution < -0.4 is 11.1 Å². The first-order valence-corrected chi connectivity index (χ1v) is 6.96. The predicted molar refractivity (Wildman–Crippen MR) is 79.6 cm³/mol. The van der Waals surface area contributed by atoms with E-state index in [0.29, 0.717) is 12.5 Å². The molecular weight excluding hydrogens is 266 g/mol. The van der Waals surface area contributed by atoms with E-state index in [0.717, 1.165) is 45.7 Å². The van der Waals surface area contributed by atoms with Gasteiger partial charge >= 0.3 is 0 Å². The van der Waals surface area contributed by atoms with Gasteiger partial charge in [0.05, 0.1) is 19.3 Å². The summed E-state index contributed by atoms with van der Waals surface area (Å²) >= 11 is 0. The van der Waals surface area contributed by atoms with Gasteiger partial charge in [-0.2, -0.15) is 0 Å². The minimum atomic E-state index is -0.356. The highest BCUT2D eigenvalue weighted by Gasteiger charge is 2.16. The number of morpholine rings is 1. The van der Waals surface area contributed by atoms with Crippen molar-refractivity contribution in [3.05, 3.63) is 0 Å². The molecule has 19 heavy (non-hydrogen) atoms. The molecule has 0 aromatic carbocycles. The number of hydrogen-bond acceptors (Lipinski definition) is 4. The summed E-state index contributed by atoms with van der Waals surface area (Å²) in [5, 5.41) is 2.93. The molecule has 1 aliphatic rings. The Hall–Kier alpha value is -0.360. The van der Waals surface area contributed by atoms with Crippen LogP contribution in [0, 0.1) is 5.92 Å². The fraction of sp³-hybridized carbons (Fsp3) is 0.923. The molecule has 3 N–H and O–H groups in total. The second-order valence-electron chi connectivity index (χ2n) is 5.16. The summed E-state index contributed by atoms with van der Waals surface area (Å²) in [6.45, 7) is 9.53. The zero-order valence-electron chi connectivity index (χ0n) is 12.1. The molecule has 1 fully saturated rings. The van der Waals surface area contributed by atoms with Gasteiger partial charge in [0.1, 0.15) is 0 Å². The third kappa shape index (κ3) is 7.72. The normalized spacial score (nSPS) is 19.3. The number of hydrogen-bond donors (Lipinski definition) is 2. The van der Waals surface area contributed by atoms with Crippen LogP contribution in [-0.2, 0) is 9.53 Å². The molecule has 1 heterocycles. The van der Waals surface area contributed by atoms with E-state index in [2.05, 4.69) is 17.1 Å². The highest BCUT2D eigenvalue weighted by Crippen LogP contribution is 2.03. The lowest BCUT2D eigenvalue weighted by Gasteiger charge is -2.29. The average Bonchev–Trinajstić information content (AvgIpc) is 2.37. The summed E-state index contributed by atoms with van der Waals surface area (Å²) in [6, 6.07) is -0.356. The average molecular weight is 294 g/mol. The molecule has 1 rings (SSSR count). The number of nitrogens with two attached hydrogens (primary N) is 1. The van der Waals surface area contributed by atoms with Crippen LogP contribution >= 0.6 is 12.4 Å². The van der Waals surface area contributed by atoms with Gasteiger partial charge in [-0.25, -0.2) is 0 Å². The lowest BCUT2D eigenvalue weighted by Crippen LogP contribution is -2.45. The molecule has 0 spiro atoms. The fourth-order valence-corrected chi connectivity index (χ4v) is 2.14. The Morgan fingerprint density at radius 1 is 1.42 bits per heavy atom. The Balaban J connectivity index is 0.00000324. The second kappa shape index (κ2) is 10.4. The number of ether oxygens (including phenoxy) is 1. The minimum absolute atomic E-state index is 0. The van der Waals surface area contributed by atoms with Gasteiger partial charge in [0, 0.05) is 26.2 Å². The summed E-state index contributed by atoms with van der Waals surface area (Å²) < 4.78 is 5.31. The minimum Gasteiger partial charge on any atom is -0.379 e. The first-order chi connectivity index (χ1) is 8.63. The quantitative estimate of drug-likeness (QED) is 0.722. The predicted octanol–water partition coefficient (Wildman–Crippen LogP) is 0.620. The second-order valence-corrected chi connectivity index (χ2v) is 5.16. The van der Waals surface area contributed by atoms with E-state index in [1.54, 1.807) is 0 Å². The molecule has 0 aromatic rings. The number of nitrogens with zero attached hydrogens (tertiary/aromatic N) is 1. The van der Waals surface area contributed by atoms with Crippen LogP contribution in [-0.4, -0.2) is 56.2 Å². The van der Waals surface area contributed by atoms with Gasteiger partial charge in [0.2, 0.25) is 5.91 Å². The van der Waals surface area contributed by atoms with Crippen molar-refractivity contribution in [2.45, 2.75) is 32.7 Å². The van der Waals surface area contributed by atoms with E-state index in [1.807, 2.05) is 6.92 Å². The van der Waals surface area contributed by atoms with Crippen molar-refractivity contribution in [2.75, 3.05) is 39.4 Å². The van der Waals surface area contributed by atoms with Crippen molar-refractivity contribution < 1.29 is 9.53 Å². The molecule has 0 bridgehead atoms. The first kappa shape index (κ1) is 18.6. The van der Waals surface area contributed by atoms with Crippen LogP contribution in [0.3, 0.4) is 0 Å². The molecular formula is C13H28ClN3O2. The number of carbonyl (C=O) groups excluding carboxylic acids is 1. The number of carbonyl (C=O) groups is 1. The molecule has 1 aliphatic heterocycles. The van der Waals surface area contributed by atoms with Crippen molar-refractivity contribution in [3.8, 4) is 0 Å². The van der Waals surface area contributed by atoms with Crippen LogP contribution in [0.5, 0.6) is 0 Å². The summed E-state index contributed by atoms with van der Waals surface area (Å²) in [7, 11) is 0. The highest BCUT2D eigenvalue weighted by molar-refractivity contribution is 5.85. The zero-order valence-corrected chi connectivity index (χ0v) is 12.9. The van der Waals surface area contributed by atoms with Gasteiger partial charge in [-0.15, -0.1) is 12.4 Å². The van der Waals surface area contributed by atoms with E-state index in [9.17, 15) is 4.79 Å². The van der Waals surface area contributed by atoms with Crippen molar-refractivity contribution in [3.63, 3.8) is 0 Å². The maximum atomic E-state index is 11.7. The van der Waals surface area contributed by atoms with Gasteiger partial charge in [0.25, 0.3) is 0 Å². The molecule has 5 nitrogen and oxygen atoms in total. The molecule has 6 heteroatoms. The Morgan fingerprint density at radius 2 is 2.05 bits per heavy atom. The van der Waals surface area contributed by atoms with Crippen molar-refractivity contribution in [1.82, 2.24) is 10.2 Å². The maximum Gasteiger partial charge on any atom is 0.236 e. The lowest BCUT2D eigenvalue weighted by molar-refractivity contribution is -0.122. The molecule has 2 atom stereocenters. The lowest BCUT2D eigenvalue weighted by atomic mass is 10.1. The van der Waals surface area contributed by atoms with Gasteiger partial charge < -0.3 is 15.8 Å². The molecule has 0 saturated carbocycles. The van der Waals surface area contributed by atoms with Gasteiger partial charge in [-0.1, -0.05) is 20.3 Å². The number of nitrogens with one attached hydrogen (secondary N) is 1. The van der Waals surface area contributed by atoms with Crippen LogP contribution in [0.4, 0.5) is 0 Å². The van der Waals surface area contributed by atoms with E-state index in [-0.39, 0.29) is 24.4 Å². The number of halogens is 1. The van der Waals surface area contributed by atoms with Crippen LogP contribution in [0.25, 0.3) is 0 Å². The highest BCUT2D eigenvalue weighted by atomic mass is 35.5. The fourth-order valence-electron chi connectivity index (χ4n) is 2.14. The molecule has 0 radical (unpaired) electrons. The Kier molecular flexibility index (Phi) is 10.2. The molecule has 114 valence electrons. The third-order valence-corrected chi connectivity index (χ3v) is 3.23. The van der Waals surface area contributed by atoms with Crippen LogP contribution in [0.1, 0.15) is 26.7 Å². The van der Waals surface area contributed by atoms with E-state index in [1.165, 1.54) is 0 Å². The summed E-state index contributed by atoms with van der Waals surface area (Å²) in [6.07, 6.45) is 1.70. The summed E-state index contributed by atoms with van der Waals surface area (Å²) in [5.41, 5.74) is 5.76. The van der Waals surface area contributed by atoms with Crippen molar-refractivity contribution in [1.29, 1.82) is 0 Å². The van der Waals surface area contributed by atoms with E-state index >= 15 is 0 Å². The Morgan fingerprint density at radius 3 is 2.63 bits per heavy atom. The topological polar surface area (TPSA) is 67.6 Å². The maximum absolute atomic E-state index is 11.7.